The third-order valence-corrected chi connectivity index (χ3v) is 6.89. The van der Waals surface area contributed by atoms with E-state index in [2.05, 4.69) is 5.32 Å². The number of hydrogen-bond acceptors (Lipinski definition) is 4. The number of nitrogens with one attached hydrogen (secondary N) is 1. The monoisotopic (exact) mass is 402 g/mol. The third kappa shape index (κ3) is 4.20. The zero-order chi connectivity index (χ0) is 20.3. The Bertz CT molecular complexity index is 966. The van der Waals surface area contributed by atoms with Crippen LogP contribution in [0, 0.1) is 6.92 Å². The van der Waals surface area contributed by atoms with Crippen molar-refractivity contribution < 1.29 is 17.9 Å². The zero-order valence-electron chi connectivity index (χ0n) is 16.4. The standard InChI is InChI=1S/C21H26N2O4S/c1-15-9-10-20(27-3)19(13-15)16(2)22-21(24)17-7-6-8-18(14-17)28(25,26)23-11-4-5-12-23/h6-10,13-14,16H,4-5,11-12H2,1-3H3,(H,22,24)/t16-/m1/s1. The molecule has 2 aromatic rings. The Morgan fingerprint density at radius 3 is 2.54 bits per heavy atom. The van der Waals surface area contributed by atoms with Crippen molar-refractivity contribution in [3.05, 3.63) is 59.2 Å². The molecule has 1 aliphatic rings. The van der Waals surface area contributed by atoms with E-state index >= 15 is 0 Å². The molecule has 1 fully saturated rings. The summed E-state index contributed by atoms with van der Waals surface area (Å²) in [7, 11) is -1.97. The van der Waals surface area contributed by atoms with Crippen LogP contribution in [-0.4, -0.2) is 38.8 Å². The average molecular weight is 403 g/mol. The Hall–Kier alpha value is -2.38. The lowest BCUT2D eigenvalue weighted by molar-refractivity contribution is 0.0939. The first kappa shape index (κ1) is 20.4. The molecule has 0 unspecified atom stereocenters. The third-order valence-electron chi connectivity index (χ3n) is 5.00. The van der Waals surface area contributed by atoms with E-state index in [1.54, 1.807) is 19.2 Å². The lowest BCUT2D eigenvalue weighted by Crippen LogP contribution is -2.29. The number of ether oxygens (including phenoxy) is 1. The van der Waals surface area contributed by atoms with E-state index in [0.717, 1.165) is 24.0 Å². The molecule has 3 rings (SSSR count). The number of aryl methyl sites for hydroxylation is 1. The number of hydrogen-bond donors (Lipinski definition) is 1. The predicted molar refractivity (Wildman–Crippen MR) is 108 cm³/mol. The van der Waals surface area contributed by atoms with Crippen molar-refractivity contribution in [3.63, 3.8) is 0 Å². The molecular weight excluding hydrogens is 376 g/mol. The number of carbonyl (C=O) groups excluding carboxylic acids is 1. The van der Waals surface area contributed by atoms with Gasteiger partial charge in [-0.15, -0.1) is 0 Å². The first-order valence-electron chi connectivity index (χ1n) is 9.38. The van der Waals surface area contributed by atoms with Gasteiger partial charge in [0.25, 0.3) is 5.91 Å². The Morgan fingerprint density at radius 1 is 1.14 bits per heavy atom. The highest BCUT2D eigenvalue weighted by Gasteiger charge is 2.27. The summed E-state index contributed by atoms with van der Waals surface area (Å²) in [5.74, 6) is 0.373. The highest BCUT2D eigenvalue weighted by Crippen LogP contribution is 2.27. The molecule has 0 spiro atoms. The second-order valence-corrected chi connectivity index (χ2v) is 9.02. The summed E-state index contributed by atoms with van der Waals surface area (Å²) in [6.07, 6.45) is 1.74. The molecule has 0 aromatic heterocycles. The van der Waals surface area contributed by atoms with Crippen molar-refractivity contribution in [2.75, 3.05) is 20.2 Å². The molecule has 2 aromatic carbocycles. The lowest BCUT2D eigenvalue weighted by Gasteiger charge is -2.19. The molecule has 1 heterocycles. The maximum absolute atomic E-state index is 12.8. The fourth-order valence-corrected chi connectivity index (χ4v) is 4.99. The van der Waals surface area contributed by atoms with E-state index in [9.17, 15) is 13.2 Å². The van der Waals surface area contributed by atoms with Crippen LogP contribution in [0.2, 0.25) is 0 Å². The predicted octanol–water partition coefficient (Wildman–Crippen LogP) is 3.28. The van der Waals surface area contributed by atoms with Crippen molar-refractivity contribution in [1.82, 2.24) is 9.62 Å². The SMILES string of the molecule is COc1ccc(C)cc1[C@@H](C)NC(=O)c1cccc(S(=O)(=O)N2CCCC2)c1. The van der Waals surface area contributed by atoms with Gasteiger partial charge in [-0.1, -0.05) is 23.8 Å². The first-order valence-corrected chi connectivity index (χ1v) is 10.8. The molecule has 0 aliphatic carbocycles. The lowest BCUT2D eigenvalue weighted by atomic mass is 10.0. The summed E-state index contributed by atoms with van der Waals surface area (Å²) in [4.78, 5) is 12.9. The van der Waals surface area contributed by atoms with E-state index in [4.69, 9.17) is 4.74 Å². The van der Waals surface area contributed by atoms with Gasteiger partial charge in [0.1, 0.15) is 5.75 Å². The molecule has 6 nitrogen and oxygen atoms in total. The summed E-state index contributed by atoms with van der Waals surface area (Å²) >= 11 is 0. The summed E-state index contributed by atoms with van der Waals surface area (Å²) in [5.41, 5.74) is 2.26. The molecule has 1 N–H and O–H groups in total. The van der Waals surface area contributed by atoms with Crippen molar-refractivity contribution >= 4 is 15.9 Å². The molecule has 1 atom stereocenters. The van der Waals surface area contributed by atoms with Crippen LogP contribution in [0.4, 0.5) is 0 Å². The van der Waals surface area contributed by atoms with Crippen LogP contribution in [0.5, 0.6) is 5.75 Å². The number of amides is 1. The van der Waals surface area contributed by atoms with Crippen molar-refractivity contribution in [1.29, 1.82) is 0 Å². The minimum Gasteiger partial charge on any atom is -0.496 e. The molecule has 0 bridgehead atoms. The summed E-state index contributed by atoms with van der Waals surface area (Å²) in [5, 5.41) is 2.94. The van der Waals surface area contributed by atoms with E-state index in [1.165, 1.54) is 16.4 Å². The second kappa shape index (κ2) is 8.32. The highest BCUT2D eigenvalue weighted by atomic mass is 32.2. The Labute approximate surface area is 166 Å². The van der Waals surface area contributed by atoms with Crippen molar-refractivity contribution in [2.24, 2.45) is 0 Å². The number of rotatable bonds is 6. The van der Waals surface area contributed by atoms with Gasteiger partial charge in [-0.25, -0.2) is 8.42 Å². The van der Waals surface area contributed by atoms with Gasteiger partial charge in [0.15, 0.2) is 0 Å². The maximum atomic E-state index is 12.8. The molecule has 0 radical (unpaired) electrons. The van der Waals surface area contributed by atoms with Gasteiger partial charge in [0.2, 0.25) is 10.0 Å². The van der Waals surface area contributed by atoms with Gasteiger partial charge in [0.05, 0.1) is 18.0 Å². The van der Waals surface area contributed by atoms with Gasteiger partial charge in [-0.3, -0.25) is 4.79 Å². The smallest absolute Gasteiger partial charge is 0.251 e. The minimum absolute atomic E-state index is 0.155. The van der Waals surface area contributed by atoms with Gasteiger partial charge in [-0.05, 0) is 51.0 Å². The largest absolute Gasteiger partial charge is 0.496 e. The fraction of sp³-hybridized carbons (Fsp3) is 0.381. The van der Waals surface area contributed by atoms with E-state index < -0.39 is 10.0 Å². The van der Waals surface area contributed by atoms with Crippen LogP contribution < -0.4 is 10.1 Å². The number of sulfonamides is 1. The van der Waals surface area contributed by atoms with Crippen LogP contribution in [0.3, 0.4) is 0 Å². The Balaban J connectivity index is 1.81. The van der Waals surface area contributed by atoms with Gasteiger partial charge >= 0.3 is 0 Å². The summed E-state index contributed by atoms with van der Waals surface area (Å²) < 4.78 is 32.4. The topological polar surface area (TPSA) is 75.7 Å². The van der Waals surface area contributed by atoms with Gasteiger partial charge < -0.3 is 10.1 Å². The van der Waals surface area contributed by atoms with Crippen LogP contribution in [0.1, 0.15) is 47.3 Å². The van der Waals surface area contributed by atoms with E-state index in [1.807, 2.05) is 32.0 Å². The molecule has 1 aliphatic heterocycles. The van der Waals surface area contributed by atoms with Crippen LogP contribution in [-0.2, 0) is 10.0 Å². The molecule has 1 saturated heterocycles. The first-order chi connectivity index (χ1) is 13.3. The number of carbonyl (C=O) groups is 1. The van der Waals surface area contributed by atoms with Gasteiger partial charge in [-0.2, -0.15) is 4.31 Å². The highest BCUT2D eigenvalue weighted by molar-refractivity contribution is 7.89. The Morgan fingerprint density at radius 2 is 1.86 bits per heavy atom. The number of benzene rings is 2. The quantitative estimate of drug-likeness (QED) is 0.805. The number of methoxy groups -OCH3 is 1. The molecule has 0 saturated carbocycles. The molecule has 1 amide bonds. The maximum Gasteiger partial charge on any atom is 0.251 e. The molecular formula is C21H26N2O4S. The normalized spacial score (nSPS) is 16.0. The van der Waals surface area contributed by atoms with Crippen LogP contribution in [0.25, 0.3) is 0 Å². The summed E-state index contributed by atoms with van der Waals surface area (Å²) in [6, 6.07) is 11.7. The molecule has 7 heteroatoms. The molecule has 28 heavy (non-hydrogen) atoms. The van der Waals surface area contributed by atoms with Crippen molar-refractivity contribution in [2.45, 2.75) is 37.6 Å². The summed E-state index contributed by atoms with van der Waals surface area (Å²) in [6.45, 7) is 4.91. The second-order valence-electron chi connectivity index (χ2n) is 7.08. The van der Waals surface area contributed by atoms with E-state index in [-0.39, 0.29) is 16.8 Å². The van der Waals surface area contributed by atoms with Gasteiger partial charge in [0, 0.05) is 24.2 Å². The fourth-order valence-electron chi connectivity index (χ4n) is 3.43. The Kier molecular flexibility index (Phi) is 6.05. The van der Waals surface area contributed by atoms with E-state index in [0.29, 0.717) is 24.4 Å². The van der Waals surface area contributed by atoms with Crippen LogP contribution >= 0.6 is 0 Å². The zero-order valence-corrected chi connectivity index (χ0v) is 17.3. The van der Waals surface area contributed by atoms with Crippen molar-refractivity contribution in [3.8, 4) is 5.75 Å². The number of nitrogens with zero attached hydrogens (tertiary/aromatic N) is 1. The van der Waals surface area contributed by atoms with Crippen LogP contribution in [0.15, 0.2) is 47.4 Å². The average Bonchev–Trinajstić information content (AvgIpc) is 3.23. The molecule has 150 valence electrons. The minimum atomic E-state index is -3.56.